The molecule has 7 nitrogen and oxygen atoms in total. The van der Waals surface area contributed by atoms with E-state index in [0.29, 0.717) is 31.3 Å². The van der Waals surface area contributed by atoms with Crippen LogP contribution in [0.2, 0.25) is 0 Å². The summed E-state index contributed by atoms with van der Waals surface area (Å²) in [5.74, 6) is 1.29. The Hall–Kier alpha value is -2.93. The summed E-state index contributed by atoms with van der Waals surface area (Å²) in [7, 11) is 3.22. The van der Waals surface area contributed by atoms with Gasteiger partial charge in [0, 0.05) is 48.4 Å². The predicted octanol–water partition coefficient (Wildman–Crippen LogP) is 3.51. The maximum Gasteiger partial charge on any atom is 0.270 e. The summed E-state index contributed by atoms with van der Waals surface area (Å²) < 4.78 is 16.6. The molecule has 2 aliphatic rings. The first-order valence-electron chi connectivity index (χ1n) is 9.22. The third-order valence-electron chi connectivity index (χ3n) is 5.67. The monoisotopic (exact) mass is 382 g/mol. The van der Waals surface area contributed by atoms with E-state index in [1.807, 2.05) is 18.2 Å². The molecule has 0 amide bonds. The summed E-state index contributed by atoms with van der Waals surface area (Å²) in [6.45, 7) is 2.00. The molecule has 2 heterocycles. The van der Waals surface area contributed by atoms with Crippen LogP contribution < -0.4 is 9.47 Å². The zero-order chi connectivity index (χ0) is 19.7. The lowest BCUT2D eigenvalue weighted by molar-refractivity contribution is -0.384. The number of nitrogens with zero attached hydrogens (tertiary/aromatic N) is 2. The van der Waals surface area contributed by atoms with Gasteiger partial charge in [0.15, 0.2) is 11.5 Å². The minimum atomic E-state index is -0.387. The third kappa shape index (κ3) is 3.01. The first-order valence-corrected chi connectivity index (χ1v) is 9.22. The van der Waals surface area contributed by atoms with Gasteiger partial charge in [0.1, 0.15) is 0 Å². The SMILES string of the molecule is COc1cc2c(cc1OC)C1(CCOCC1)CN=C2c1cccc([N+](=O)[O-])c1. The molecule has 0 bridgehead atoms. The van der Waals surface area contributed by atoms with E-state index in [1.54, 1.807) is 26.4 Å². The lowest BCUT2D eigenvalue weighted by atomic mass is 9.69. The van der Waals surface area contributed by atoms with E-state index < -0.39 is 0 Å². The molecule has 2 aromatic carbocycles. The molecule has 0 unspecified atom stereocenters. The average Bonchev–Trinajstić information content (AvgIpc) is 2.74. The van der Waals surface area contributed by atoms with Gasteiger partial charge in [-0.1, -0.05) is 12.1 Å². The summed E-state index contributed by atoms with van der Waals surface area (Å²) in [5.41, 5.74) is 3.49. The largest absolute Gasteiger partial charge is 0.493 e. The summed E-state index contributed by atoms with van der Waals surface area (Å²) in [5, 5.41) is 11.2. The molecule has 4 rings (SSSR count). The van der Waals surface area contributed by atoms with Crippen LogP contribution in [0.3, 0.4) is 0 Å². The second-order valence-corrected chi connectivity index (χ2v) is 7.12. The zero-order valence-electron chi connectivity index (χ0n) is 15.9. The highest BCUT2D eigenvalue weighted by molar-refractivity contribution is 6.15. The number of fused-ring (bicyclic) bond motifs is 2. The highest BCUT2D eigenvalue weighted by Crippen LogP contribution is 2.45. The van der Waals surface area contributed by atoms with Crippen molar-refractivity contribution in [1.82, 2.24) is 0 Å². The molecule has 0 N–H and O–H groups in total. The highest BCUT2D eigenvalue weighted by atomic mass is 16.6. The van der Waals surface area contributed by atoms with Crippen molar-refractivity contribution in [3.8, 4) is 11.5 Å². The Kier molecular flexibility index (Phi) is 4.77. The number of rotatable bonds is 4. The molecular formula is C21H22N2O5. The van der Waals surface area contributed by atoms with Crippen molar-refractivity contribution in [2.45, 2.75) is 18.3 Å². The van der Waals surface area contributed by atoms with Crippen molar-refractivity contribution < 1.29 is 19.1 Å². The van der Waals surface area contributed by atoms with Crippen LogP contribution in [0.15, 0.2) is 41.4 Å². The smallest absolute Gasteiger partial charge is 0.270 e. The van der Waals surface area contributed by atoms with Gasteiger partial charge in [0.2, 0.25) is 0 Å². The Bertz CT molecular complexity index is 948. The van der Waals surface area contributed by atoms with Crippen molar-refractivity contribution in [1.29, 1.82) is 0 Å². The normalized spacial score (nSPS) is 17.6. The molecule has 1 fully saturated rings. The van der Waals surface area contributed by atoms with Gasteiger partial charge in [-0.2, -0.15) is 0 Å². The molecule has 0 aliphatic carbocycles. The van der Waals surface area contributed by atoms with Crippen LogP contribution in [0.5, 0.6) is 11.5 Å². The molecule has 0 radical (unpaired) electrons. The summed E-state index contributed by atoms with van der Waals surface area (Å²) in [6.07, 6.45) is 1.75. The lowest BCUT2D eigenvalue weighted by Gasteiger charge is -2.41. The fourth-order valence-electron chi connectivity index (χ4n) is 4.12. The van der Waals surface area contributed by atoms with Gasteiger partial charge < -0.3 is 14.2 Å². The molecule has 1 spiro atoms. The Morgan fingerprint density at radius 1 is 1.11 bits per heavy atom. The van der Waals surface area contributed by atoms with Crippen molar-refractivity contribution in [3.05, 3.63) is 63.2 Å². The van der Waals surface area contributed by atoms with Crippen LogP contribution in [-0.2, 0) is 10.2 Å². The zero-order valence-corrected chi connectivity index (χ0v) is 15.9. The predicted molar refractivity (Wildman–Crippen MR) is 105 cm³/mol. The first kappa shape index (κ1) is 18.4. The maximum atomic E-state index is 11.2. The van der Waals surface area contributed by atoms with Gasteiger partial charge >= 0.3 is 0 Å². The van der Waals surface area contributed by atoms with E-state index in [0.717, 1.165) is 35.2 Å². The molecule has 1 saturated heterocycles. The number of ether oxygens (including phenoxy) is 3. The van der Waals surface area contributed by atoms with Crippen molar-refractivity contribution in [2.24, 2.45) is 4.99 Å². The van der Waals surface area contributed by atoms with Crippen LogP contribution >= 0.6 is 0 Å². The molecule has 2 aromatic rings. The van der Waals surface area contributed by atoms with Crippen LogP contribution in [0.1, 0.15) is 29.5 Å². The number of methoxy groups -OCH3 is 2. The number of hydrogen-bond donors (Lipinski definition) is 0. The van der Waals surface area contributed by atoms with Gasteiger partial charge in [0.25, 0.3) is 5.69 Å². The molecule has 2 aliphatic heterocycles. The molecule has 7 heteroatoms. The molecule has 28 heavy (non-hydrogen) atoms. The summed E-state index contributed by atoms with van der Waals surface area (Å²) in [6, 6.07) is 10.6. The van der Waals surface area contributed by atoms with E-state index in [2.05, 4.69) is 0 Å². The minimum Gasteiger partial charge on any atom is -0.493 e. The summed E-state index contributed by atoms with van der Waals surface area (Å²) in [4.78, 5) is 15.7. The molecule has 0 aromatic heterocycles. The fourth-order valence-corrected chi connectivity index (χ4v) is 4.12. The van der Waals surface area contributed by atoms with Gasteiger partial charge in [-0.3, -0.25) is 15.1 Å². The Morgan fingerprint density at radius 3 is 2.50 bits per heavy atom. The number of hydrogen-bond acceptors (Lipinski definition) is 6. The van der Waals surface area contributed by atoms with E-state index in [-0.39, 0.29) is 16.0 Å². The minimum absolute atomic E-state index is 0.0496. The number of benzene rings is 2. The van der Waals surface area contributed by atoms with Gasteiger partial charge in [-0.25, -0.2) is 0 Å². The van der Waals surface area contributed by atoms with Crippen molar-refractivity contribution in [2.75, 3.05) is 34.0 Å². The second-order valence-electron chi connectivity index (χ2n) is 7.12. The van der Waals surface area contributed by atoms with E-state index in [9.17, 15) is 10.1 Å². The van der Waals surface area contributed by atoms with E-state index >= 15 is 0 Å². The van der Waals surface area contributed by atoms with Crippen LogP contribution in [0, 0.1) is 10.1 Å². The van der Waals surface area contributed by atoms with Crippen molar-refractivity contribution >= 4 is 11.4 Å². The summed E-state index contributed by atoms with van der Waals surface area (Å²) >= 11 is 0. The van der Waals surface area contributed by atoms with E-state index in [4.69, 9.17) is 19.2 Å². The number of non-ortho nitro benzene ring substituents is 1. The maximum absolute atomic E-state index is 11.2. The lowest BCUT2D eigenvalue weighted by Crippen LogP contribution is -2.40. The Morgan fingerprint density at radius 2 is 1.82 bits per heavy atom. The van der Waals surface area contributed by atoms with E-state index in [1.165, 1.54) is 6.07 Å². The third-order valence-corrected chi connectivity index (χ3v) is 5.67. The second kappa shape index (κ2) is 7.24. The van der Waals surface area contributed by atoms with Gasteiger partial charge in [0.05, 0.1) is 24.9 Å². The molecule has 0 atom stereocenters. The first-order chi connectivity index (χ1) is 13.6. The van der Waals surface area contributed by atoms with Crippen LogP contribution in [-0.4, -0.2) is 44.6 Å². The quantitative estimate of drug-likeness (QED) is 0.597. The van der Waals surface area contributed by atoms with Gasteiger partial charge in [-0.15, -0.1) is 0 Å². The number of nitro groups is 1. The van der Waals surface area contributed by atoms with Crippen LogP contribution in [0.25, 0.3) is 0 Å². The number of aliphatic imine (C=N–C) groups is 1. The standard InChI is InChI=1S/C21H22N2O5/c1-26-18-11-16-17(12-19(18)27-2)21(6-8-28-9-7-21)13-22-20(16)14-4-3-5-15(10-14)23(24)25/h3-5,10-12H,6-9,13H2,1-2H3. The van der Waals surface area contributed by atoms with Crippen LogP contribution in [0.4, 0.5) is 5.69 Å². The van der Waals surface area contributed by atoms with Crippen molar-refractivity contribution in [3.63, 3.8) is 0 Å². The highest BCUT2D eigenvalue weighted by Gasteiger charge is 2.40. The Labute approximate surface area is 163 Å². The molecule has 0 saturated carbocycles. The Balaban J connectivity index is 1.90. The topological polar surface area (TPSA) is 83.2 Å². The molecule has 146 valence electrons. The molecular weight excluding hydrogens is 360 g/mol. The number of nitro benzene ring substituents is 1. The fraction of sp³-hybridized carbons (Fsp3) is 0.381. The average molecular weight is 382 g/mol. The van der Waals surface area contributed by atoms with Gasteiger partial charge in [-0.05, 0) is 30.5 Å².